The zero-order valence-electron chi connectivity index (χ0n) is 10.4. The van der Waals surface area contributed by atoms with Gasteiger partial charge in [-0.15, -0.1) is 0 Å². The highest BCUT2D eigenvalue weighted by atomic mass is 16.3. The molecule has 92 valence electrons. The summed E-state index contributed by atoms with van der Waals surface area (Å²) in [7, 11) is 1.93. The van der Waals surface area contributed by atoms with E-state index in [9.17, 15) is 0 Å². The van der Waals surface area contributed by atoms with Gasteiger partial charge in [0.05, 0.1) is 12.5 Å². The van der Waals surface area contributed by atoms with E-state index in [1.807, 2.05) is 36.3 Å². The first kappa shape index (κ1) is 11.9. The minimum absolute atomic E-state index is 0.473. The predicted octanol–water partition coefficient (Wildman–Crippen LogP) is 2.12. The first-order valence-electron chi connectivity index (χ1n) is 5.97. The summed E-state index contributed by atoms with van der Waals surface area (Å²) in [6.45, 7) is 3.06. The molecule has 0 radical (unpaired) electrons. The maximum Gasteiger partial charge on any atom is 0.103 e. The van der Waals surface area contributed by atoms with Crippen LogP contribution in [0.2, 0.25) is 0 Å². The summed E-state index contributed by atoms with van der Waals surface area (Å²) in [4.78, 5) is 0. The number of rotatable bonds is 6. The Hall–Kier alpha value is -1.55. The second kappa shape index (κ2) is 5.68. The Balaban J connectivity index is 1.69. The lowest BCUT2D eigenvalue weighted by Gasteiger charge is -2.11. The van der Waals surface area contributed by atoms with Crippen LogP contribution >= 0.6 is 0 Å². The molecule has 4 nitrogen and oxygen atoms in total. The van der Waals surface area contributed by atoms with E-state index in [0.717, 1.165) is 25.1 Å². The summed E-state index contributed by atoms with van der Waals surface area (Å²) in [5.74, 6) is 1.06. The largest absolute Gasteiger partial charge is 0.469 e. The summed E-state index contributed by atoms with van der Waals surface area (Å²) in [6, 6.07) is 4.43. The van der Waals surface area contributed by atoms with Gasteiger partial charge in [0.15, 0.2) is 0 Å². The van der Waals surface area contributed by atoms with E-state index in [2.05, 4.69) is 17.3 Å². The average Bonchev–Trinajstić information content (AvgIpc) is 2.95. The molecule has 0 saturated heterocycles. The average molecular weight is 233 g/mol. The summed E-state index contributed by atoms with van der Waals surface area (Å²) >= 11 is 0. The van der Waals surface area contributed by atoms with Crippen LogP contribution in [-0.4, -0.2) is 15.8 Å². The number of hydrogen-bond acceptors (Lipinski definition) is 3. The molecule has 0 saturated carbocycles. The third-order valence-corrected chi connectivity index (χ3v) is 2.82. The molecule has 2 rings (SSSR count). The van der Waals surface area contributed by atoms with Crippen LogP contribution in [0.15, 0.2) is 35.2 Å². The first-order valence-corrected chi connectivity index (χ1v) is 5.97. The van der Waals surface area contributed by atoms with Gasteiger partial charge in [0.25, 0.3) is 0 Å². The van der Waals surface area contributed by atoms with E-state index < -0.39 is 0 Å². The monoisotopic (exact) mass is 233 g/mol. The van der Waals surface area contributed by atoms with Crippen molar-refractivity contribution in [3.8, 4) is 0 Å². The van der Waals surface area contributed by atoms with Gasteiger partial charge in [-0.1, -0.05) is 0 Å². The molecule has 0 spiro atoms. The van der Waals surface area contributed by atoms with Crippen molar-refractivity contribution >= 4 is 0 Å². The van der Waals surface area contributed by atoms with E-state index in [-0.39, 0.29) is 0 Å². The van der Waals surface area contributed by atoms with Gasteiger partial charge in [-0.2, -0.15) is 5.10 Å². The van der Waals surface area contributed by atoms with Crippen LogP contribution in [0.3, 0.4) is 0 Å². The van der Waals surface area contributed by atoms with E-state index in [1.165, 1.54) is 5.56 Å². The highest BCUT2D eigenvalue weighted by molar-refractivity contribution is 5.03. The molecule has 17 heavy (non-hydrogen) atoms. The van der Waals surface area contributed by atoms with E-state index in [0.29, 0.717) is 6.04 Å². The van der Waals surface area contributed by atoms with Crippen LogP contribution in [0.1, 0.15) is 24.7 Å². The van der Waals surface area contributed by atoms with Crippen LogP contribution in [0.5, 0.6) is 0 Å². The molecule has 1 N–H and O–H groups in total. The second-order valence-corrected chi connectivity index (χ2v) is 4.42. The second-order valence-electron chi connectivity index (χ2n) is 4.42. The zero-order valence-corrected chi connectivity index (χ0v) is 10.4. The topological polar surface area (TPSA) is 43.0 Å². The molecule has 1 unspecified atom stereocenters. The molecule has 2 aromatic heterocycles. The zero-order chi connectivity index (χ0) is 12.1. The molecule has 0 aromatic carbocycles. The Labute approximate surface area is 102 Å². The van der Waals surface area contributed by atoms with Crippen molar-refractivity contribution in [2.45, 2.75) is 32.4 Å². The Kier molecular flexibility index (Phi) is 3.98. The summed E-state index contributed by atoms with van der Waals surface area (Å²) < 4.78 is 7.13. The predicted molar refractivity (Wildman–Crippen MR) is 66.5 cm³/mol. The van der Waals surface area contributed by atoms with Gasteiger partial charge in [-0.25, -0.2) is 0 Å². The van der Waals surface area contributed by atoms with E-state index >= 15 is 0 Å². The van der Waals surface area contributed by atoms with Crippen molar-refractivity contribution in [2.24, 2.45) is 7.05 Å². The lowest BCUT2D eigenvalue weighted by Crippen LogP contribution is -2.25. The summed E-state index contributed by atoms with van der Waals surface area (Å²) in [6.07, 6.45) is 7.71. The van der Waals surface area contributed by atoms with Crippen molar-refractivity contribution in [1.82, 2.24) is 15.1 Å². The molecular formula is C13H19N3O. The Bertz CT molecular complexity index is 433. The minimum Gasteiger partial charge on any atom is -0.469 e. The van der Waals surface area contributed by atoms with Gasteiger partial charge >= 0.3 is 0 Å². The Morgan fingerprint density at radius 3 is 3.06 bits per heavy atom. The fraction of sp³-hybridized carbons (Fsp3) is 0.462. The third-order valence-electron chi connectivity index (χ3n) is 2.82. The van der Waals surface area contributed by atoms with Crippen LogP contribution in [0, 0.1) is 0 Å². The lowest BCUT2D eigenvalue weighted by atomic mass is 10.1. The third kappa shape index (κ3) is 3.75. The van der Waals surface area contributed by atoms with E-state index in [4.69, 9.17) is 4.42 Å². The number of aromatic nitrogens is 2. The SMILES string of the molecule is CC(CCc1ccco1)NCc1cnn(C)c1. The highest BCUT2D eigenvalue weighted by Gasteiger charge is 2.04. The highest BCUT2D eigenvalue weighted by Crippen LogP contribution is 2.06. The number of hydrogen-bond donors (Lipinski definition) is 1. The van der Waals surface area contributed by atoms with Crippen molar-refractivity contribution < 1.29 is 4.42 Å². The molecule has 2 heterocycles. The van der Waals surface area contributed by atoms with Crippen LogP contribution in [0.4, 0.5) is 0 Å². The number of aryl methyl sites for hydroxylation is 2. The molecule has 0 aliphatic rings. The van der Waals surface area contributed by atoms with Crippen molar-refractivity contribution in [2.75, 3.05) is 0 Å². The van der Waals surface area contributed by atoms with Crippen LogP contribution < -0.4 is 5.32 Å². The van der Waals surface area contributed by atoms with Gasteiger partial charge in [0.1, 0.15) is 5.76 Å². The van der Waals surface area contributed by atoms with Gasteiger partial charge in [0.2, 0.25) is 0 Å². The lowest BCUT2D eigenvalue weighted by molar-refractivity contribution is 0.460. The molecule has 0 amide bonds. The maximum atomic E-state index is 5.31. The molecule has 4 heteroatoms. The van der Waals surface area contributed by atoms with Crippen molar-refractivity contribution in [1.29, 1.82) is 0 Å². The fourth-order valence-electron chi connectivity index (χ4n) is 1.77. The van der Waals surface area contributed by atoms with Crippen molar-refractivity contribution in [3.05, 3.63) is 42.1 Å². The summed E-state index contributed by atoms with van der Waals surface area (Å²) in [5.41, 5.74) is 1.22. The molecule has 1 atom stereocenters. The molecule has 0 bridgehead atoms. The smallest absolute Gasteiger partial charge is 0.103 e. The quantitative estimate of drug-likeness (QED) is 0.831. The maximum absolute atomic E-state index is 5.31. The number of furan rings is 1. The molecular weight excluding hydrogens is 214 g/mol. The number of nitrogens with zero attached hydrogens (tertiary/aromatic N) is 2. The Morgan fingerprint density at radius 1 is 1.53 bits per heavy atom. The van der Waals surface area contributed by atoms with Crippen molar-refractivity contribution in [3.63, 3.8) is 0 Å². The first-order chi connectivity index (χ1) is 8.24. The molecule has 2 aromatic rings. The fourth-order valence-corrected chi connectivity index (χ4v) is 1.77. The minimum atomic E-state index is 0.473. The van der Waals surface area contributed by atoms with Gasteiger partial charge in [0, 0.05) is 37.8 Å². The molecule has 0 aliphatic heterocycles. The molecule has 0 fully saturated rings. The van der Waals surface area contributed by atoms with Crippen LogP contribution in [-0.2, 0) is 20.0 Å². The van der Waals surface area contributed by atoms with Gasteiger partial charge in [-0.05, 0) is 25.5 Å². The van der Waals surface area contributed by atoms with Gasteiger partial charge < -0.3 is 9.73 Å². The standard InChI is InChI=1S/C13H19N3O/c1-11(5-6-13-4-3-7-17-13)14-8-12-9-15-16(2)10-12/h3-4,7,9-11,14H,5-6,8H2,1-2H3. The van der Waals surface area contributed by atoms with Gasteiger partial charge in [-0.3, -0.25) is 4.68 Å². The Morgan fingerprint density at radius 2 is 2.41 bits per heavy atom. The molecule has 0 aliphatic carbocycles. The van der Waals surface area contributed by atoms with E-state index in [1.54, 1.807) is 6.26 Å². The number of nitrogens with one attached hydrogen (secondary N) is 1. The normalized spacial score (nSPS) is 12.8. The van der Waals surface area contributed by atoms with Crippen LogP contribution in [0.25, 0.3) is 0 Å². The summed E-state index contributed by atoms with van der Waals surface area (Å²) in [5, 5.41) is 7.62.